The maximum atomic E-state index is 13.4. The number of piperazine rings is 1. The van der Waals surface area contributed by atoms with Gasteiger partial charge >= 0.3 is 12.5 Å². The van der Waals surface area contributed by atoms with Crippen molar-refractivity contribution >= 4 is 0 Å². The average molecular weight is 346 g/mol. The molecule has 0 bridgehead atoms. The fraction of sp³-hybridized carbons (Fsp3) is 0.647. The SMILES string of the molecule is FC(F)C(F)(F)Oc1ccccc1[C@H](C1CCC1)N1CCNCC1. The fourth-order valence-electron chi connectivity index (χ4n) is 3.47. The summed E-state index contributed by atoms with van der Waals surface area (Å²) in [4.78, 5) is 2.25. The zero-order valence-corrected chi connectivity index (χ0v) is 13.4. The first kappa shape index (κ1) is 17.5. The van der Waals surface area contributed by atoms with Crippen molar-refractivity contribution in [2.75, 3.05) is 26.2 Å². The number of hydrogen-bond donors (Lipinski definition) is 1. The van der Waals surface area contributed by atoms with Gasteiger partial charge in [-0.2, -0.15) is 17.6 Å². The average Bonchev–Trinajstić information content (AvgIpc) is 2.52. The molecule has 1 saturated heterocycles. The molecule has 1 heterocycles. The molecule has 0 amide bonds. The zero-order chi connectivity index (χ0) is 17.2. The van der Waals surface area contributed by atoms with Gasteiger partial charge in [0.15, 0.2) is 0 Å². The second kappa shape index (κ2) is 7.27. The number of ether oxygens (including phenoxy) is 1. The minimum Gasteiger partial charge on any atom is -0.428 e. The zero-order valence-electron chi connectivity index (χ0n) is 13.4. The van der Waals surface area contributed by atoms with Gasteiger partial charge in [-0.15, -0.1) is 0 Å². The van der Waals surface area contributed by atoms with Crippen LogP contribution in [0.4, 0.5) is 17.6 Å². The van der Waals surface area contributed by atoms with Gasteiger partial charge in [-0.05, 0) is 24.8 Å². The van der Waals surface area contributed by atoms with E-state index in [1.165, 1.54) is 12.1 Å². The van der Waals surface area contributed by atoms with E-state index in [0.717, 1.165) is 45.4 Å². The monoisotopic (exact) mass is 346 g/mol. The third-order valence-electron chi connectivity index (χ3n) is 4.88. The molecule has 1 aromatic rings. The second-order valence-electron chi connectivity index (χ2n) is 6.42. The first-order valence-electron chi connectivity index (χ1n) is 8.37. The third-order valence-corrected chi connectivity index (χ3v) is 4.88. The molecule has 1 N–H and O–H groups in total. The Morgan fingerprint density at radius 3 is 2.38 bits per heavy atom. The highest BCUT2D eigenvalue weighted by molar-refractivity contribution is 5.37. The lowest BCUT2D eigenvalue weighted by atomic mass is 9.76. The Bertz CT molecular complexity index is 545. The Morgan fingerprint density at radius 2 is 1.79 bits per heavy atom. The van der Waals surface area contributed by atoms with Crippen molar-refractivity contribution < 1.29 is 22.3 Å². The minimum atomic E-state index is -4.48. The predicted molar refractivity (Wildman–Crippen MR) is 82.5 cm³/mol. The van der Waals surface area contributed by atoms with E-state index in [2.05, 4.69) is 15.0 Å². The molecule has 24 heavy (non-hydrogen) atoms. The Hall–Kier alpha value is -1.34. The number of rotatable bonds is 6. The lowest BCUT2D eigenvalue weighted by molar-refractivity contribution is -0.253. The highest BCUT2D eigenvalue weighted by Crippen LogP contribution is 2.45. The van der Waals surface area contributed by atoms with Gasteiger partial charge in [0.1, 0.15) is 5.75 Å². The molecule has 0 spiro atoms. The molecule has 1 atom stereocenters. The Balaban J connectivity index is 1.89. The van der Waals surface area contributed by atoms with Gasteiger partial charge in [0, 0.05) is 37.8 Å². The third kappa shape index (κ3) is 3.67. The van der Waals surface area contributed by atoms with E-state index in [1.807, 2.05) is 0 Å². The van der Waals surface area contributed by atoms with Crippen LogP contribution < -0.4 is 10.1 Å². The van der Waals surface area contributed by atoms with Crippen LogP contribution in [0, 0.1) is 5.92 Å². The summed E-state index contributed by atoms with van der Waals surface area (Å²) in [7, 11) is 0. The molecule has 1 aromatic carbocycles. The van der Waals surface area contributed by atoms with Crippen molar-refractivity contribution in [2.45, 2.75) is 37.8 Å². The largest absolute Gasteiger partial charge is 0.461 e. The smallest absolute Gasteiger partial charge is 0.428 e. The summed E-state index contributed by atoms with van der Waals surface area (Å²) < 4.78 is 56.4. The standard InChI is InChI=1S/C17H22F4N2O/c18-16(19)17(20,21)24-14-7-2-1-6-13(14)15(12-4-3-5-12)23-10-8-22-9-11-23/h1-2,6-7,12,15-16,22H,3-5,8-11H2/t15-/m0/s1. The molecule has 0 aromatic heterocycles. The van der Waals surface area contributed by atoms with Crippen LogP contribution >= 0.6 is 0 Å². The molecule has 3 rings (SSSR count). The van der Waals surface area contributed by atoms with E-state index in [0.29, 0.717) is 11.5 Å². The van der Waals surface area contributed by atoms with Crippen molar-refractivity contribution in [3.63, 3.8) is 0 Å². The quantitative estimate of drug-likeness (QED) is 0.796. The molecule has 1 saturated carbocycles. The molecule has 7 heteroatoms. The normalized spacial score (nSPS) is 21.5. The van der Waals surface area contributed by atoms with Gasteiger partial charge < -0.3 is 10.1 Å². The van der Waals surface area contributed by atoms with E-state index in [1.54, 1.807) is 12.1 Å². The molecule has 2 aliphatic rings. The minimum absolute atomic E-state index is 0.0643. The van der Waals surface area contributed by atoms with Crippen LogP contribution in [0.5, 0.6) is 5.75 Å². The van der Waals surface area contributed by atoms with Gasteiger partial charge in [-0.25, -0.2) is 0 Å². The number of benzene rings is 1. The van der Waals surface area contributed by atoms with Crippen LogP contribution in [0.15, 0.2) is 24.3 Å². The van der Waals surface area contributed by atoms with Gasteiger partial charge in [-0.1, -0.05) is 24.6 Å². The molecular formula is C17H22F4N2O. The molecule has 1 aliphatic heterocycles. The van der Waals surface area contributed by atoms with Crippen LogP contribution in [0.2, 0.25) is 0 Å². The summed E-state index contributed by atoms with van der Waals surface area (Å²) in [5.74, 6) is 0.214. The Labute approximate surface area is 139 Å². The van der Waals surface area contributed by atoms with E-state index < -0.39 is 12.5 Å². The van der Waals surface area contributed by atoms with Crippen molar-refractivity contribution in [3.05, 3.63) is 29.8 Å². The van der Waals surface area contributed by atoms with Gasteiger partial charge in [-0.3, -0.25) is 4.90 Å². The highest BCUT2D eigenvalue weighted by Gasteiger charge is 2.45. The lowest BCUT2D eigenvalue weighted by Crippen LogP contribution is -2.48. The Kier molecular flexibility index (Phi) is 5.30. The van der Waals surface area contributed by atoms with E-state index in [4.69, 9.17) is 0 Å². The van der Waals surface area contributed by atoms with E-state index in [9.17, 15) is 17.6 Å². The van der Waals surface area contributed by atoms with Crippen molar-refractivity contribution in [1.29, 1.82) is 0 Å². The first-order chi connectivity index (χ1) is 11.5. The molecule has 2 fully saturated rings. The molecule has 3 nitrogen and oxygen atoms in total. The van der Waals surface area contributed by atoms with Gasteiger partial charge in [0.05, 0.1) is 0 Å². The molecule has 134 valence electrons. The van der Waals surface area contributed by atoms with E-state index in [-0.39, 0.29) is 11.8 Å². The molecule has 0 unspecified atom stereocenters. The van der Waals surface area contributed by atoms with Crippen LogP contribution in [0.25, 0.3) is 0 Å². The summed E-state index contributed by atoms with van der Waals surface area (Å²) in [6.45, 7) is 3.28. The highest BCUT2D eigenvalue weighted by atomic mass is 19.3. The maximum absolute atomic E-state index is 13.4. The van der Waals surface area contributed by atoms with Crippen molar-refractivity contribution in [3.8, 4) is 5.75 Å². The predicted octanol–water partition coefficient (Wildman–Crippen LogP) is 3.67. The summed E-state index contributed by atoms with van der Waals surface area (Å²) in [6, 6.07) is 6.30. The number of hydrogen-bond acceptors (Lipinski definition) is 3. The fourth-order valence-corrected chi connectivity index (χ4v) is 3.47. The van der Waals surface area contributed by atoms with Crippen LogP contribution in [0.1, 0.15) is 30.9 Å². The maximum Gasteiger partial charge on any atom is 0.461 e. The van der Waals surface area contributed by atoms with Crippen LogP contribution in [0.3, 0.4) is 0 Å². The number of halogens is 4. The van der Waals surface area contributed by atoms with E-state index >= 15 is 0 Å². The summed E-state index contributed by atoms with van der Waals surface area (Å²) in [5.41, 5.74) is 0.587. The topological polar surface area (TPSA) is 24.5 Å². The summed E-state index contributed by atoms with van der Waals surface area (Å²) in [5, 5.41) is 3.27. The van der Waals surface area contributed by atoms with Gasteiger partial charge in [0.25, 0.3) is 0 Å². The van der Waals surface area contributed by atoms with Crippen LogP contribution in [-0.2, 0) is 0 Å². The van der Waals surface area contributed by atoms with Crippen molar-refractivity contribution in [1.82, 2.24) is 10.2 Å². The first-order valence-corrected chi connectivity index (χ1v) is 8.37. The molecule has 1 aliphatic carbocycles. The van der Waals surface area contributed by atoms with Gasteiger partial charge in [0.2, 0.25) is 0 Å². The Morgan fingerprint density at radius 1 is 1.12 bits per heavy atom. The number of alkyl halides is 4. The summed E-state index contributed by atoms with van der Waals surface area (Å²) in [6.07, 6.45) is -5.18. The van der Waals surface area contributed by atoms with Crippen LogP contribution in [-0.4, -0.2) is 43.6 Å². The number of nitrogens with zero attached hydrogens (tertiary/aromatic N) is 1. The molecular weight excluding hydrogens is 324 g/mol. The second-order valence-corrected chi connectivity index (χ2v) is 6.42. The van der Waals surface area contributed by atoms with Crippen molar-refractivity contribution in [2.24, 2.45) is 5.92 Å². The molecule has 0 radical (unpaired) electrons. The lowest BCUT2D eigenvalue weighted by Gasteiger charge is -2.43. The number of nitrogens with one attached hydrogen (secondary N) is 1. The number of para-hydroxylation sites is 1. The summed E-state index contributed by atoms with van der Waals surface area (Å²) >= 11 is 0.